The molecule has 0 atom stereocenters. The van der Waals surface area contributed by atoms with Crippen LogP contribution in [0.2, 0.25) is 0 Å². The highest BCUT2D eigenvalue weighted by atomic mass is 16.6. The second-order valence-electron chi connectivity index (χ2n) is 5.64. The standard InChI is InChI=1S/C16H17N3O3/c1-16(2,3)22-15(21)17-6-4-5-11-7-13-12(10-20)9-19-14(13)18-8-11/h7-10H,6H2,1-3H3,(H,17,21)(H,18,19). The van der Waals surface area contributed by atoms with Gasteiger partial charge in [-0.3, -0.25) is 4.79 Å². The molecule has 114 valence electrons. The molecule has 0 aliphatic rings. The highest BCUT2D eigenvalue weighted by molar-refractivity contribution is 5.96. The van der Waals surface area contributed by atoms with Crippen molar-refractivity contribution in [1.82, 2.24) is 15.3 Å². The van der Waals surface area contributed by atoms with Crippen LogP contribution in [0, 0.1) is 11.8 Å². The van der Waals surface area contributed by atoms with Crippen LogP contribution in [0.25, 0.3) is 11.0 Å². The lowest BCUT2D eigenvalue weighted by atomic mass is 10.2. The number of fused-ring (bicyclic) bond motifs is 1. The monoisotopic (exact) mass is 299 g/mol. The number of H-pyrrole nitrogens is 1. The van der Waals surface area contributed by atoms with Crippen LogP contribution in [0.15, 0.2) is 18.5 Å². The Hall–Kier alpha value is -2.81. The molecule has 0 aromatic carbocycles. The van der Waals surface area contributed by atoms with Gasteiger partial charge >= 0.3 is 6.09 Å². The first-order chi connectivity index (χ1) is 10.4. The summed E-state index contributed by atoms with van der Waals surface area (Å²) in [5.41, 5.74) is 1.31. The molecular weight excluding hydrogens is 282 g/mol. The number of aldehydes is 1. The van der Waals surface area contributed by atoms with Crippen molar-refractivity contribution in [2.45, 2.75) is 26.4 Å². The fourth-order valence-corrected chi connectivity index (χ4v) is 1.77. The first kappa shape index (κ1) is 15.6. The van der Waals surface area contributed by atoms with E-state index in [0.717, 1.165) is 11.7 Å². The molecular formula is C16H17N3O3. The molecule has 0 fully saturated rings. The van der Waals surface area contributed by atoms with Crippen LogP contribution >= 0.6 is 0 Å². The fourth-order valence-electron chi connectivity index (χ4n) is 1.77. The normalized spacial score (nSPS) is 10.7. The minimum Gasteiger partial charge on any atom is -0.444 e. The van der Waals surface area contributed by atoms with Crippen molar-refractivity contribution >= 4 is 23.4 Å². The lowest BCUT2D eigenvalue weighted by molar-refractivity contribution is 0.0535. The van der Waals surface area contributed by atoms with Crippen LogP contribution < -0.4 is 5.32 Å². The van der Waals surface area contributed by atoms with E-state index in [9.17, 15) is 9.59 Å². The Kier molecular flexibility index (Phi) is 4.47. The van der Waals surface area contributed by atoms with Crippen molar-refractivity contribution in [1.29, 1.82) is 0 Å². The van der Waals surface area contributed by atoms with Gasteiger partial charge in [0.1, 0.15) is 11.2 Å². The second kappa shape index (κ2) is 6.31. The van der Waals surface area contributed by atoms with Crippen LogP contribution in [0.5, 0.6) is 0 Å². The van der Waals surface area contributed by atoms with Gasteiger partial charge < -0.3 is 15.0 Å². The number of nitrogens with zero attached hydrogens (tertiary/aromatic N) is 1. The molecule has 2 aromatic rings. The van der Waals surface area contributed by atoms with Gasteiger partial charge in [-0.05, 0) is 26.8 Å². The summed E-state index contributed by atoms with van der Waals surface area (Å²) in [5.74, 6) is 5.70. The summed E-state index contributed by atoms with van der Waals surface area (Å²) >= 11 is 0. The largest absolute Gasteiger partial charge is 0.444 e. The molecule has 0 radical (unpaired) electrons. The van der Waals surface area contributed by atoms with Crippen molar-refractivity contribution in [3.05, 3.63) is 29.6 Å². The fraction of sp³-hybridized carbons (Fsp3) is 0.312. The number of carbonyl (C=O) groups excluding carboxylic acids is 2. The van der Waals surface area contributed by atoms with Crippen molar-refractivity contribution in [3.63, 3.8) is 0 Å². The third kappa shape index (κ3) is 4.09. The Labute approximate surface area is 128 Å². The van der Waals surface area contributed by atoms with E-state index in [0.29, 0.717) is 16.8 Å². The highest BCUT2D eigenvalue weighted by Gasteiger charge is 2.15. The zero-order valence-corrected chi connectivity index (χ0v) is 12.7. The number of hydrogen-bond donors (Lipinski definition) is 2. The van der Waals surface area contributed by atoms with Crippen molar-refractivity contribution in [2.75, 3.05) is 6.54 Å². The Morgan fingerprint density at radius 3 is 2.95 bits per heavy atom. The molecule has 0 bridgehead atoms. The molecule has 1 amide bonds. The molecule has 2 aromatic heterocycles. The maximum absolute atomic E-state index is 11.4. The van der Waals surface area contributed by atoms with E-state index in [4.69, 9.17) is 4.74 Å². The van der Waals surface area contributed by atoms with Crippen LogP contribution in [0.3, 0.4) is 0 Å². The molecule has 22 heavy (non-hydrogen) atoms. The van der Waals surface area contributed by atoms with E-state index >= 15 is 0 Å². The molecule has 2 heterocycles. The Morgan fingerprint density at radius 2 is 2.27 bits per heavy atom. The third-order valence-corrected chi connectivity index (χ3v) is 2.64. The lowest BCUT2D eigenvalue weighted by Crippen LogP contribution is -2.32. The van der Waals surface area contributed by atoms with Crippen LogP contribution in [-0.4, -0.2) is 34.5 Å². The van der Waals surface area contributed by atoms with Gasteiger partial charge in [0, 0.05) is 28.9 Å². The summed E-state index contributed by atoms with van der Waals surface area (Å²) in [4.78, 5) is 29.4. The summed E-state index contributed by atoms with van der Waals surface area (Å²) in [6.45, 7) is 5.54. The van der Waals surface area contributed by atoms with Gasteiger partial charge in [-0.1, -0.05) is 11.8 Å². The smallest absolute Gasteiger partial charge is 0.408 e. The van der Waals surface area contributed by atoms with Crippen LogP contribution in [0.4, 0.5) is 4.79 Å². The quantitative estimate of drug-likeness (QED) is 0.658. The van der Waals surface area contributed by atoms with Gasteiger partial charge in [0.15, 0.2) is 6.29 Å². The number of alkyl carbamates (subject to hydrolysis) is 1. The number of ether oxygens (including phenoxy) is 1. The highest BCUT2D eigenvalue weighted by Crippen LogP contribution is 2.15. The van der Waals surface area contributed by atoms with Gasteiger partial charge in [-0.15, -0.1) is 0 Å². The second-order valence-corrected chi connectivity index (χ2v) is 5.64. The zero-order valence-electron chi connectivity index (χ0n) is 12.7. The Balaban J connectivity index is 2.00. The third-order valence-electron chi connectivity index (χ3n) is 2.64. The maximum atomic E-state index is 11.4. The molecule has 6 nitrogen and oxygen atoms in total. The zero-order chi connectivity index (χ0) is 16.2. The van der Waals surface area contributed by atoms with Gasteiger partial charge in [-0.2, -0.15) is 0 Å². The van der Waals surface area contributed by atoms with E-state index < -0.39 is 11.7 Å². The number of pyridine rings is 1. The van der Waals surface area contributed by atoms with Gasteiger partial charge in [0.25, 0.3) is 0 Å². The molecule has 0 saturated heterocycles. The molecule has 0 saturated carbocycles. The number of rotatable bonds is 2. The number of hydrogen-bond acceptors (Lipinski definition) is 4. The minimum atomic E-state index is -0.536. The SMILES string of the molecule is CC(C)(C)OC(=O)NCC#Cc1cnc2[nH]cc(C=O)c2c1. The number of carbonyl (C=O) groups is 2. The summed E-state index contributed by atoms with van der Waals surface area (Å²) < 4.78 is 5.09. The number of amides is 1. The molecule has 2 N–H and O–H groups in total. The molecule has 0 spiro atoms. The Bertz CT molecular complexity index is 760. The van der Waals surface area contributed by atoms with Crippen molar-refractivity contribution in [3.8, 4) is 11.8 Å². The van der Waals surface area contributed by atoms with E-state index in [1.165, 1.54) is 0 Å². The van der Waals surface area contributed by atoms with Gasteiger partial charge in [-0.25, -0.2) is 9.78 Å². The predicted octanol–water partition coefficient (Wildman–Crippen LogP) is 2.25. The van der Waals surface area contributed by atoms with Gasteiger partial charge in [0.05, 0.1) is 6.54 Å². The first-order valence-corrected chi connectivity index (χ1v) is 6.77. The number of nitrogens with one attached hydrogen (secondary N) is 2. The van der Waals surface area contributed by atoms with Gasteiger partial charge in [0.2, 0.25) is 0 Å². The van der Waals surface area contributed by atoms with E-state index in [1.807, 2.05) is 0 Å². The Morgan fingerprint density at radius 1 is 1.50 bits per heavy atom. The molecule has 0 aliphatic carbocycles. The topological polar surface area (TPSA) is 84.1 Å². The average Bonchev–Trinajstić information content (AvgIpc) is 2.84. The summed E-state index contributed by atoms with van der Waals surface area (Å²) in [6, 6.07) is 1.78. The lowest BCUT2D eigenvalue weighted by Gasteiger charge is -2.18. The minimum absolute atomic E-state index is 0.167. The van der Waals surface area contributed by atoms with Crippen LogP contribution in [0.1, 0.15) is 36.7 Å². The number of aromatic nitrogens is 2. The summed E-state index contributed by atoms with van der Waals surface area (Å²) in [6.07, 6.45) is 3.46. The van der Waals surface area contributed by atoms with Crippen molar-refractivity contribution in [2.24, 2.45) is 0 Å². The average molecular weight is 299 g/mol. The molecule has 0 unspecified atom stereocenters. The van der Waals surface area contributed by atoms with E-state index in [1.54, 1.807) is 39.2 Å². The van der Waals surface area contributed by atoms with Crippen LogP contribution in [-0.2, 0) is 4.74 Å². The summed E-state index contributed by atoms with van der Waals surface area (Å²) in [5, 5.41) is 3.27. The predicted molar refractivity (Wildman–Crippen MR) is 82.6 cm³/mol. The number of aromatic amines is 1. The first-order valence-electron chi connectivity index (χ1n) is 6.77. The molecule has 0 aliphatic heterocycles. The molecule has 2 rings (SSSR count). The van der Waals surface area contributed by atoms with E-state index in [-0.39, 0.29) is 6.54 Å². The molecule has 6 heteroatoms. The van der Waals surface area contributed by atoms with Crippen molar-refractivity contribution < 1.29 is 14.3 Å². The maximum Gasteiger partial charge on any atom is 0.408 e. The van der Waals surface area contributed by atoms with E-state index in [2.05, 4.69) is 27.1 Å². The summed E-state index contributed by atoms with van der Waals surface area (Å²) in [7, 11) is 0.